The van der Waals surface area contributed by atoms with Crippen LogP contribution >= 0.6 is 0 Å². The SMILES string of the molecule is CCOC(=O)CCN(CCOC)C(=O)c1ccc(-n2cccc2)cc1. The standard InChI is InChI=1S/C19H24N2O4/c1-3-25-18(22)10-13-21(14-15-24-2)19(23)16-6-8-17(9-7-16)20-11-4-5-12-20/h4-9,11-12H,3,10,13-15H2,1-2H3. The minimum atomic E-state index is -0.305. The van der Waals surface area contributed by atoms with Crippen molar-refractivity contribution in [3.63, 3.8) is 0 Å². The summed E-state index contributed by atoms with van der Waals surface area (Å²) < 4.78 is 12.0. The maximum atomic E-state index is 12.7. The number of benzene rings is 1. The molecule has 0 N–H and O–H groups in total. The summed E-state index contributed by atoms with van der Waals surface area (Å²) in [5, 5.41) is 0. The average molecular weight is 344 g/mol. The highest BCUT2D eigenvalue weighted by Crippen LogP contribution is 2.12. The summed E-state index contributed by atoms with van der Waals surface area (Å²) in [6.45, 7) is 3.24. The van der Waals surface area contributed by atoms with Crippen LogP contribution in [-0.4, -0.2) is 54.8 Å². The average Bonchev–Trinajstić information content (AvgIpc) is 3.16. The van der Waals surface area contributed by atoms with Crippen molar-refractivity contribution in [2.45, 2.75) is 13.3 Å². The van der Waals surface area contributed by atoms with Gasteiger partial charge in [0.15, 0.2) is 0 Å². The molecule has 0 aliphatic carbocycles. The van der Waals surface area contributed by atoms with Crippen LogP contribution in [0.1, 0.15) is 23.7 Å². The number of aromatic nitrogens is 1. The van der Waals surface area contributed by atoms with Crippen LogP contribution in [0.4, 0.5) is 0 Å². The highest BCUT2D eigenvalue weighted by molar-refractivity contribution is 5.94. The first-order valence-electron chi connectivity index (χ1n) is 8.33. The van der Waals surface area contributed by atoms with Crippen LogP contribution in [-0.2, 0) is 14.3 Å². The van der Waals surface area contributed by atoms with Gasteiger partial charge in [0.05, 0.1) is 19.6 Å². The Morgan fingerprint density at radius 3 is 2.36 bits per heavy atom. The molecule has 0 aliphatic rings. The lowest BCUT2D eigenvalue weighted by Gasteiger charge is -2.22. The van der Waals surface area contributed by atoms with Crippen molar-refractivity contribution < 1.29 is 19.1 Å². The van der Waals surface area contributed by atoms with Crippen LogP contribution in [0.15, 0.2) is 48.8 Å². The monoisotopic (exact) mass is 344 g/mol. The van der Waals surface area contributed by atoms with Crippen LogP contribution < -0.4 is 0 Å². The summed E-state index contributed by atoms with van der Waals surface area (Å²) in [5.41, 5.74) is 1.56. The summed E-state index contributed by atoms with van der Waals surface area (Å²) in [6.07, 6.45) is 4.06. The molecule has 1 heterocycles. The molecule has 0 atom stereocenters. The van der Waals surface area contributed by atoms with Crippen molar-refractivity contribution in [2.75, 3.05) is 33.4 Å². The van der Waals surface area contributed by atoms with E-state index < -0.39 is 0 Å². The maximum absolute atomic E-state index is 12.7. The Hall–Kier alpha value is -2.60. The number of rotatable bonds is 9. The van der Waals surface area contributed by atoms with Crippen LogP contribution in [0.5, 0.6) is 0 Å². The minimum absolute atomic E-state index is 0.125. The first-order valence-corrected chi connectivity index (χ1v) is 8.33. The topological polar surface area (TPSA) is 60.8 Å². The van der Waals surface area contributed by atoms with E-state index in [2.05, 4.69) is 0 Å². The van der Waals surface area contributed by atoms with Gasteiger partial charge in [-0.25, -0.2) is 0 Å². The normalized spacial score (nSPS) is 10.5. The zero-order chi connectivity index (χ0) is 18.1. The zero-order valence-electron chi connectivity index (χ0n) is 14.7. The first kappa shape index (κ1) is 18.7. The molecule has 2 aromatic rings. The number of carbonyl (C=O) groups is 2. The molecule has 0 fully saturated rings. The van der Waals surface area contributed by atoms with E-state index in [0.717, 1.165) is 5.69 Å². The molecule has 0 spiro atoms. The van der Waals surface area contributed by atoms with Crippen molar-refractivity contribution in [1.29, 1.82) is 0 Å². The Kier molecular flexibility index (Phi) is 7.22. The van der Waals surface area contributed by atoms with Crippen LogP contribution in [0, 0.1) is 0 Å². The minimum Gasteiger partial charge on any atom is -0.466 e. The lowest BCUT2D eigenvalue weighted by molar-refractivity contribution is -0.143. The molecule has 134 valence electrons. The van der Waals surface area contributed by atoms with Gasteiger partial charge in [-0.3, -0.25) is 9.59 Å². The van der Waals surface area contributed by atoms with Gasteiger partial charge < -0.3 is 18.9 Å². The lowest BCUT2D eigenvalue weighted by atomic mass is 10.1. The number of nitrogens with zero attached hydrogens (tertiary/aromatic N) is 2. The summed E-state index contributed by atoms with van der Waals surface area (Å²) in [5.74, 6) is -0.430. The quantitative estimate of drug-likeness (QED) is 0.656. The number of ether oxygens (including phenoxy) is 2. The van der Waals surface area contributed by atoms with Crippen LogP contribution in [0.25, 0.3) is 5.69 Å². The van der Waals surface area contributed by atoms with Gasteiger partial charge in [-0.05, 0) is 43.3 Å². The number of carbonyl (C=O) groups excluding carboxylic acids is 2. The van der Waals surface area contributed by atoms with Gasteiger partial charge in [-0.2, -0.15) is 0 Å². The highest BCUT2D eigenvalue weighted by atomic mass is 16.5. The summed E-state index contributed by atoms with van der Waals surface area (Å²) >= 11 is 0. The van der Waals surface area contributed by atoms with E-state index in [1.165, 1.54) is 0 Å². The van der Waals surface area contributed by atoms with Gasteiger partial charge in [-0.1, -0.05) is 0 Å². The molecule has 25 heavy (non-hydrogen) atoms. The number of hydrogen-bond acceptors (Lipinski definition) is 4. The predicted molar refractivity (Wildman–Crippen MR) is 94.8 cm³/mol. The van der Waals surface area contributed by atoms with E-state index >= 15 is 0 Å². The number of amides is 1. The van der Waals surface area contributed by atoms with Crippen molar-refractivity contribution in [2.24, 2.45) is 0 Å². The van der Waals surface area contributed by atoms with Crippen molar-refractivity contribution in [3.8, 4) is 5.69 Å². The molecule has 1 amide bonds. The molecule has 0 radical (unpaired) electrons. The second kappa shape index (κ2) is 9.64. The lowest BCUT2D eigenvalue weighted by Crippen LogP contribution is -2.35. The molecule has 0 aliphatic heterocycles. The number of methoxy groups -OCH3 is 1. The molecular formula is C19H24N2O4. The molecule has 0 unspecified atom stereocenters. The summed E-state index contributed by atoms with van der Waals surface area (Å²) in [7, 11) is 1.58. The van der Waals surface area contributed by atoms with Gasteiger partial charge in [0.2, 0.25) is 0 Å². The smallest absolute Gasteiger partial charge is 0.307 e. The molecule has 1 aromatic heterocycles. The Morgan fingerprint density at radius 1 is 1.08 bits per heavy atom. The van der Waals surface area contributed by atoms with Gasteiger partial charge >= 0.3 is 5.97 Å². The summed E-state index contributed by atoms with van der Waals surface area (Å²) in [6, 6.07) is 11.3. The van der Waals surface area contributed by atoms with Crippen molar-refractivity contribution in [1.82, 2.24) is 9.47 Å². The van der Waals surface area contributed by atoms with E-state index in [1.807, 2.05) is 41.2 Å². The Morgan fingerprint density at radius 2 is 1.76 bits per heavy atom. The number of hydrogen-bond donors (Lipinski definition) is 0. The fraction of sp³-hybridized carbons (Fsp3) is 0.368. The third-order valence-electron chi connectivity index (χ3n) is 3.76. The molecule has 0 saturated carbocycles. The molecular weight excluding hydrogens is 320 g/mol. The van der Waals surface area contributed by atoms with Crippen LogP contribution in [0.2, 0.25) is 0 Å². The van der Waals surface area contributed by atoms with Gasteiger partial charge in [0, 0.05) is 43.8 Å². The molecule has 6 nitrogen and oxygen atoms in total. The maximum Gasteiger partial charge on any atom is 0.307 e. The predicted octanol–water partition coefficient (Wildman–Crippen LogP) is 2.52. The third kappa shape index (κ3) is 5.46. The van der Waals surface area contributed by atoms with Crippen LogP contribution in [0.3, 0.4) is 0 Å². The largest absolute Gasteiger partial charge is 0.466 e. The van der Waals surface area contributed by atoms with Gasteiger partial charge in [0.25, 0.3) is 5.91 Å². The Labute approximate surface area is 148 Å². The van der Waals surface area contributed by atoms with E-state index in [9.17, 15) is 9.59 Å². The molecule has 6 heteroatoms. The highest BCUT2D eigenvalue weighted by Gasteiger charge is 2.17. The molecule has 0 saturated heterocycles. The van der Waals surface area contributed by atoms with Gasteiger partial charge in [-0.15, -0.1) is 0 Å². The Balaban J connectivity index is 2.05. The van der Waals surface area contributed by atoms with E-state index in [-0.39, 0.29) is 18.3 Å². The van der Waals surface area contributed by atoms with E-state index in [4.69, 9.17) is 9.47 Å². The second-order valence-electron chi connectivity index (χ2n) is 5.48. The molecule has 1 aromatic carbocycles. The summed E-state index contributed by atoms with van der Waals surface area (Å²) in [4.78, 5) is 25.9. The second-order valence-corrected chi connectivity index (χ2v) is 5.48. The Bertz CT molecular complexity index is 665. The van der Waals surface area contributed by atoms with E-state index in [1.54, 1.807) is 31.1 Å². The zero-order valence-corrected chi connectivity index (χ0v) is 14.7. The molecule has 0 bridgehead atoms. The van der Waals surface area contributed by atoms with Crippen molar-refractivity contribution in [3.05, 3.63) is 54.4 Å². The first-order chi connectivity index (χ1) is 12.2. The molecule has 2 rings (SSSR count). The fourth-order valence-electron chi connectivity index (χ4n) is 2.44. The third-order valence-corrected chi connectivity index (χ3v) is 3.76. The van der Waals surface area contributed by atoms with E-state index in [0.29, 0.717) is 31.9 Å². The fourth-order valence-corrected chi connectivity index (χ4v) is 2.44. The van der Waals surface area contributed by atoms with Gasteiger partial charge in [0.1, 0.15) is 0 Å². The van der Waals surface area contributed by atoms with Crippen molar-refractivity contribution >= 4 is 11.9 Å². The number of esters is 1.